The summed E-state index contributed by atoms with van der Waals surface area (Å²) < 4.78 is 1.94. The largest absolute Gasteiger partial charge is 0.357 e. The molecule has 0 radical (unpaired) electrons. The first-order valence-electron chi connectivity index (χ1n) is 9.90. The Hall–Kier alpha value is -3.21. The van der Waals surface area contributed by atoms with Crippen molar-refractivity contribution in [3.63, 3.8) is 0 Å². The number of rotatable bonds is 3. The third-order valence-electron chi connectivity index (χ3n) is 5.76. The van der Waals surface area contributed by atoms with Gasteiger partial charge in [-0.2, -0.15) is 9.78 Å². The summed E-state index contributed by atoms with van der Waals surface area (Å²) in [5.41, 5.74) is 1.41. The van der Waals surface area contributed by atoms with Crippen LogP contribution in [0.1, 0.15) is 43.0 Å². The van der Waals surface area contributed by atoms with Crippen molar-refractivity contribution in [3.8, 4) is 6.07 Å². The van der Waals surface area contributed by atoms with Crippen LogP contribution in [0.15, 0.2) is 30.5 Å². The summed E-state index contributed by atoms with van der Waals surface area (Å²) in [4.78, 5) is 9.02. The fraction of sp³-hybridized carbons (Fsp3) is 0.450. The molecule has 2 aliphatic rings. The van der Waals surface area contributed by atoms with E-state index in [0.717, 1.165) is 62.1 Å². The van der Waals surface area contributed by atoms with Crippen LogP contribution >= 0.6 is 0 Å². The SMILES string of the molecule is N#Cc1ccc(N2CCC(c3nnc4ccc(N5CCCC5)nn34)CC2)nc1. The Morgan fingerprint density at radius 3 is 2.36 bits per heavy atom. The van der Waals surface area contributed by atoms with E-state index in [1.165, 1.54) is 12.8 Å². The zero-order valence-electron chi connectivity index (χ0n) is 15.7. The Kier molecular flexibility index (Phi) is 4.28. The second-order valence-corrected chi connectivity index (χ2v) is 7.49. The van der Waals surface area contributed by atoms with E-state index in [4.69, 9.17) is 10.4 Å². The lowest BCUT2D eigenvalue weighted by molar-refractivity contribution is 0.475. The molecule has 0 spiro atoms. The zero-order valence-corrected chi connectivity index (χ0v) is 15.7. The van der Waals surface area contributed by atoms with Crippen molar-refractivity contribution < 1.29 is 0 Å². The van der Waals surface area contributed by atoms with E-state index in [1.54, 1.807) is 6.20 Å². The summed E-state index contributed by atoms with van der Waals surface area (Å²) in [5.74, 6) is 3.25. The van der Waals surface area contributed by atoms with Crippen molar-refractivity contribution in [1.82, 2.24) is 24.8 Å². The lowest BCUT2D eigenvalue weighted by atomic mass is 9.96. The van der Waals surface area contributed by atoms with Crippen molar-refractivity contribution in [2.75, 3.05) is 36.0 Å². The van der Waals surface area contributed by atoms with Crippen LogP contribution in [0, 0.1) is 11.3 Å². The molecule has 3 aromatic heterocycles. The van der Waals surface area contributed by atoms with Crippen LogP contribution in [0.4, 0.5) is 11.6 Å². The molecule has 2 fully saturated rings. The highest BCUT2D eigenvalue weighted by molar-refractivity contribution is 5.47. The predicted molar refractivity (Wildman–Crippen MR) is 105 cm³/mol. The molecule has 5 heterocycles. The molecule has 0 aliphatic carbocycles. The van der Waals surface area contributed by atoms with E-state index in [9.17, 15) is 0 Å². The highest BCUT2D eigenvalue weighted by atomic mass is 15.4. The first kappa shape index (κ1) is 16.9. The van der Waals surface area contributed by atoms with Crippen LogP contribution in [0.25, 0.3) is 5.65 Å². The van der Waals surface area contributed by atoms with E-state index in [1.807, 2.05) is 22.7 Å². The molecule has 28 heavy (non-hydrogen) atoms. The summed E-state index contributed by atoms with van der Waals surface area (Å²) in [5, 5.41) is 22.6. The topological polar surface area (TPSA) is 86.2 Å². The Labute approximate surface area is 163 Å². The van der Waals surface area contributed by atoms with Crippen LogP contribution < -0.4 is 9.80 Å². The normalized spacial score (nSPS) is 18.0. The summed E-state index contributed by atoms with van der Waals surface area (Å²) in [6.45, 7) is 3.96. The molecule has 0 N–H and O–H groups in total. The number of nitriles is 1. The molecule has 3 aromatic rings. The third kappa shape index (κ3) is 3.03. The number of pyridine rings is 1. The number of fused-ring (bicyclic) bond motifs is 1. The van der Waals surface area contributed by atoms with Gasteiger partial charge < -0.3 is 9.80 Å². The summed E-state index contributed by atoms with van der Waals surface area (Å²) in [6, 6.07) is 9.94. The van der Waals surface area contributed by atoms with E-state index < -0.39 is 0 Å². The lowest BCUT2D eigenvalue weighted by Gasteiger charge is -2.32. The molecule has 0 aromatic carbocycles. The van der Waals surface area contributed by atoms with Gasteiger partial charge in [-0.1, -0.05) is 0 Å². The number of hydrogen-bond acceptors (Lipinski definition) is 7. The Balaban J connectivity index is 1.33. The van der Waals surface area contributed by atoms with Gasteiger partial charge in [0.05, 0.1) is 5.56 Å². The number of nitrogens with zero attached hydrogens (tertiary/aromatic N) is 8. The van der Waals surface area contributed by atoms with Crippen LogP contribution in [0.3, 0.4) is 0 Å². The van der Waals surface area contributed by atoms with Crippen LogP contribution in [-0.4, -0.2) is 51.0 Å². The van der Waals surface area contributed by atoms with Gasteiger partial charge in [0.1, 0.15) is 17.7 Å². The van der Waals surface area contributed by atoms with Crippen molar-refractivity contribution >= 4 is 17.3 Å². The molecule has 2 saturated heterocycles. The highest BCUT2D eigenvalue weighted by Gasteiger charge is 2.26. The van der Waals surface area contributed by atoms with Gasteiger partial charge in [-0.05, 0) is 49.9 Å². The quantitative estimate of drug-likeness (QED) is 0.695. The molecule has 0 amide bonds. The maximum Gasteiger partial charge on any atom is 0.178 e. The summed E-state index contributed by atoms with van der Waals surface area (Å²) in [7, 11) is 0. The Morgan fingerprint density at radius 1 is 0.893 bits per heavy atom. The van der Waals surface area contributed by atoms with Gasteiger partial charge in [-0.25, -0.2) is 4.98 Å². The highest BCUT2D eigenvalue weighted by Crippen LogP contribution is 2.29. The van der Waals surface area contributed by atoms with E-state index in [0.29, 0.717) is 11.5 Å². The predicted octanol–water partition coefficient (Wildman–Crippen LogP) is 2.38. The minimum absolute atomic E-state index is 0.339. The molecule has 0 bridgehead atoms. The Morgan fingerprint density at radius 2 is 1.64 bits per heavy atom. The number of piperidine rings is 1. The number of hydrogen-bond donors (Lipinski definition) is 0. The fourth-order valence-electron chi connectivity index (χ4n) is 4.17. The first-order valence-corrected chi connectivity index (χ1v) is 9.90. The van der Waals surface area contributed by atoms with Crippen LogP contribution in [0.5, 0.6) is 0 Å². The maximum atomic E-state index is 8.93. The zero-order chi connectivity index (χ0) is 18.9. The average molecular weight is 374 g/mol. The minimum Gasteiger partial charge on any atom is -0.357 e. The fourth-order valence-corrected chi connectivity index (χ4v) is 4.17. The van der Waals surface area contributed by atoms with E-state index in [-0.39, 0.29) is 0 Å². The molecule has 0 saturated carbocycles. The summed E-state index contributed by atoms with van der Waals surface area (Å²) >= 11 is 0. The van der Waals surface area contributed by atoms with Crippen molar-refractivity contribution in [2.45, 2.75) is 31.6 Å². The van der Waals surface area contributed by atoms with E-state index >= 15 is 0 Å². The molecule has 0 atom stereocenters. The number of aromatic nitrogens is 5. The standard InChI is InChI=1S/C20H22N8/c21-13-15-3-4-17(22-14-15)27-11-7-16(8-12-27)20-24-23-18-5-6-19(25-28(18)20)26-9-1-2-10-26/h3-6,14,16H,1-2,7-12H2. The van der Waals surface area contributed by atoms with Gasteiger partial charge in [-0.15, -0.1) is 15.3 Å². The third-order valence-corrected chi connectivity index (χ3v) is 5.76. The lowest BCUT2D eigenvalue weighted by Crippen LogP contribution is -2.34. The van der Waals surface area contributed by atoms with E-state index in [2.05, 4.69) is 37.1 Å². The maximum absolute atomic E-state index is 8.93. The van der Waals surface area contributed by atoms with Gasteiger partial charge in [-0.3, -0.25) is 0 Å². The van der Waals surface area contributed by atoms with Crippen LogP contribution in [0.2, 0.25) is 0 Å². The smallest absolute Gasteiger partial charge is 0.178 e. The van der Waals surface area contributed by atoms with Crippen molar-refractivity contribution in [1.29, 1.82) is 5.26 Å². The molecule has 8 nitrogen and oxygen atoms in total. The van der Waals surface area contributed by atoms with Gasteiger partial charge >= 0.3 is 0 Å². The Bertz CT molecular complexity index is 1000. The van der Waals surface area contributed by atoms with Crippen molar-refractivity contribution in [3.05, 3.63) is 41.9 Å². The second-order valence-electron chi connectivity index (χ2n) is 7.49. The summed E-state index contributed by atoms with van der Waals surface area (Å²) in [6.07, 6.45) is 6.07. The van der Waals surface area contributed by atoms with Crippen LogP contribution in [-0.2, 0) is 0 Å². The van der Waals surface area contributed by atoms with Gasteiger partial charge in [0.2, 0.25) is 0 Å². The number of anilines is 2. The average Bonchev–Trinajstić information content (AvgIpc) is 3.44. The molecule has 8 heteroatoms. The van der Waals surface area contributed by atoms with Gasteiger partial charge in [0.15, 0.2) is 11.5 Å². The molecular formula is C20H22N8. The monoisotopic (exact) mass is 374 g/mol. The molecular weight excluding hydrogens is 352 g/mol. The second kappa shape index (κ2) is 7.08. The van der Waals surface area contributed by atoms with Crippen molar-refractivity contribution in [2.24, 2.45) is 0 Å². The molecule has 2 aliphatic heterocycles. The minimum atomic E-state index is 0.339. The first-order chi connectivity index (χ1) is 13.8. The molecule has 5 rings (SSSR count). The van der Waals surface area contributed by atoms with Gasteiger partial charge in [0.25, 0.3) is 0 Å². The molecule has 0 unspecified atom stereocenters. The molecule has 142 valence electrons. The van der Waals surface area contributed by atoms with Gasteiger partial charge in [0, 0.05) is 38.3 Å².